The molecule has 2 heterocycles. The van der Waals surface area contributed by atoms with Crippen LogP contribution in [0.4, 0.5) is 0 Å². The average Bonchev–Trinajstić information content (AvgIpc) is 3.20. The Hall–Kier alpha value is -1.21. The summed E-state index contributed by atoms with van der Waals surface area (Å²) in [4.78, 5) is 17.5. The van der Waals surface area contributed by atoms with E-state index in [1.165, 1.54) is 31.0 Å². The second-order valence-corrected chi connectivity index (χ2v) is 10.4. The van der Waals surface area contributed by atoms with Crippen molar-refractivity contribution < 1.29 is 9.21 Å². The van der Waals surface area contributed by atoms with Gasteiger partial charge in [0.2, 0.25) is 5.89 Å². The summed E-state index contributed by atoms with van der Waals surface area (Å²) < 4.78 is 5.72. The van der Waals surface area contributed by atoms with Gasteiger partial charge in [0.05, 0.1) is 22.9 Å². The summed E-state index contributed by atoms with van der Waals surface area (Å²) in [6.45, 7) is 1.99. The molecule has 5 nitrogen and oxygen atoms in total. The molecule has 4 fully saturated rings. The zero-order chi connectivity index (χ0) is 17.7. The van der Waals surface area contributed by atoms with Crippen molar-refractivity contribution in [3.8, 4) is 0 Å². The largest absolute Gasteiger partial charge is 0.416 e. The first-order valence-electron chi connectivity index (χ1n) is 9.47. The summed E-state index contributed by atoms with van der Waals surface area (Å²) in [5, 5.41) is 11.8. The lowest BCUT2D eigenvalue weighted by Gasteiger charge is -2.55. The number of hydrogen-bond donors (Lipinski definition) is 0. The molecule has 7 heteroatoms. The first-order valence-corrected chi connectivity index (χ1v) is 11.3. The smallest absolute Gasteiger partial charge is 0.277 e. The Morgan fingerprint density at radius 3 is 2.54 bits per heavy atom. The van der Waals surface area contributed by atoms with E-state index in [1.807, 2.05) is 12.3 Å². The summed E-state index contributed by atoms with van der Waals surface area (Å²) in [6, 6.07) is 0. The lowest BCUT2D eigenvalue weighted by molar-refractivity contribution is -0.141. The normalized spacial score (nSPS) is 32.3. The van der Waals surface area contributed by atoms with Gasteiger partial charge in [0.15, 0.2) is 0 Å². The van der Waals surface area contributed by atoms with E-state index in [0.29, 0.717) is 29.1 Å². The van der Waals surface area contributed by atoms with Gasteiger partial charge in [0, 0.05) is 10.8 Å². The SMILES string of the molecule is Cc1nc(Cc2nnc(SCC(=O)C34CC5CC(CC(C5)C3)C4)o2)cs1. The van der Waals surface area contributed by atoms with Crippen molar-refractivity contribution in [3.05, 3.63) is 22.0 Å². The third-order valence-corrected chi connectivity index (χ3v) is 8.04. The zero-order valence-electron chi connectivity index (χ0n) is 14.9. The van der Waals surface area contributed by atoms with Gasteiger partial charge in [-0.3, -0.25) is 4.79 Å². The predicted octanol–water partition coefficient (Wildman–Crippen LogP) is 4.30. The minimum atomic E-state index is -0.0390. The Bertz CT molecular complexity index is 793. The summed E-state index contributed by atoms with van der Waals surface area (Å²) in [7, 11) is 0. The van der Waals surface area contributed by atoms with Crippen LogP contribution >= 0.6 is 23.1 Å². The molecule has 0 amide bonds. The van der Waals surface area contributed by atoms with Gasteiger partial charge in [0.25, 0.3) is 5.22 Å². The van der Waals surface area contributed by atoms with E-state index < -0.39 is 0 Å². The molecule has 2 aromatic rings. The average molecular weight is 390 g/mol. The van der Waals surface area contributed by atoms with Crippen molar-refractivity contribution in [1.82, 2.24) is 15.2 Å². The molecule has 0 atom stereocenters. The summed E-state index contributed by atoms with van der Waals surface area (Å²) in [6.07, 6.45) is 8.01. The molecule has 6 rings (SSSR count). The molecule has 4 saturated carbocycles. The van der Waals surface area contributed by atoms with Crippen LogP contribution in [0, 0.1) is 30.1 Å². The van der Waals surface area contributed by atoms with Crippen LogP contribution in [0.25, 0.3) is 0 Å². The van der Waals surface area contributed by atoms with E-state index in [9.17, 15) is 4.79 Å². The maximum Gasteiger partial charge on any atom is 0.277 e. The highest BCUT2D eigenvalue weighted by atomic mass is 32.2. The van der Waals surface area contributed by atoms with Crippen LogP contribution in [-0.4, -0.2) is 26.7 Å². The van der Waals surface area contributed by atoms with Crippen molar-refractivity contribution in [2.75, 3.05) is 5.75 Å². The number of nitrogens with zero attached hydrogens (tertiary/aromatic N) is 3. The van der Waals surface area contributed by atoms with Crippen LogP contribution in [0.15, 0.2) is 15.0 Å². The van der Waals surface area contributed by atoms with E-state index in [1.54, 1.807) is 11.3 Å². The van der Waals surface area contributed by atoms with Gasteiger partial charge >= 0.3 is 0 Å². The second kappa shape index (κ2) is 6.44. The van der Waals surface area contributed by atoms with Crippen LogP contribution in [0.5, 0.6) is 0 Å². The number of ketones is 1. The second-order valence-electron chi connectivity index (χ2n) is 8.41. The number of carbonyl (C=O) groups is 1. The molecule has 138 valence electrons. The first kappa shape index (κ1) is 16.9. The van der Waals surface area contributed by atoms with Crippen LogP contribution in [0.2, 0.25) is 0 Å². The lowest BCUT2D eigenvalue weighted by atomic mass is 9.48. The van der Waals surface area contributed by atoms with Gasteiger partial charge in [-0.1, -0.05) is 11.8 Å². The van der Waals surface area contributed by atoms with Gasteiger partial charge in [0.1, 0.15) is 5.78 Å². The Kier molecular flexibility index (Phi) is 4.20. The van der Waals surface area contributed by atoms with Crippen molar-refractivity contribution in [2.45, 2.75) is 57.1 Å². The summed E-state index contributed by atoms with van der Waals surface area (Å²) >= 11 is 3.03. The fourth-order valence-corrected chi connectivity index (χ4v) is 7.17. The van der Waals surface area contributed by atoms with E-state index in [2.05, 4.69) is 15.2 Å². The molecular formula is C19H23N3O2S2. The van der Waals surface area contributed by atoms with Gasteiger partial charge < -0.3 is 4.42 Å². The molecule has 4 aliphatic rings. The fourth-order valence-electron chi connectivity index (χ4n) is 5.74. The molecule has 2 aromatic heterocycles. The van der Waals surface area contributed by atoms with Crippen molar-refractivity contribution in [2.24, 2.45) is 23.2 Å². The summed E-state index contributed by atoms with van der Waals surface area (Å²) in [5.41, 5.74) is 0.917. The fraction of sp³-hybridized carbons (Fsp3) is 0.684. The van der Waals surface area contributed by atoms with Crippen molar-refractivity contribution in [1.29, 1.82) is 0 Å². The van der Waals surface area contributed by atoms with E-state index in [0.717, 1.165) is 47.7 Å². The first-order chi connectivity index (χ1) is 12.6. The van der Waals surface area contributed by atoms with Crippen LogP contribution in [0.1, 0.15) is 55.1 Å². The number of aromatic nitrogens is 3. The summed E-state index contributed by atoms with van der Waals surface area (Å²) in [5.74, 6) is 3.84. The number of thiazole rings is 1. The molecule has 0 saturated heterocycles. The number of thioether (sulfide) groups is 1. The van der Waals surface area contributed by atoms with E-state index >= 15 is 0 Å². The van der Waals surface area contributed by atoms with Gasteiger partial charge in [-0.05, 0) is 63.2 Å². The zero-order valence-corrected chi connectivity index (χ0v) is 16.6. The van der Waals surface area contributed by atoms with Crippen molar-refractivity contribution in [3.63, 3.8) is 0 Å². The Balaban J connectivity index is 1.21. The minimum Gasteiger partial charge on any atom is -0.416 e. The Morgan fingerprint density at radius 2 is 1.92 bits per heavy atom. The molecule has 0 N–H and O–H groups in total. The third-order valence-electron chi connectivity index (χ3n) is 6.40. The van der Waals surface area contributed by atoms with Crippen LogP contribution in [-0.2, 0) is 11.2 Å². The minimum absolute atomic E-state index is 0.0390. The van der Waals surface area contributed by atoms with Crippen LogP contribution in [0.3, 0.4) is 0 Å². The highest BCUT2D eigenvalue weighted by molar-refractivity contribution is 7.99. The molecular weight excluding hydrogens is 366 g/mol. The number of carbonyl (C=O) groups excluding carboxylic acids is 1. The van der Waals surface area contributed by atoms with E-state index in [-0.39, 0.29) is 5.41 Å². The maximum absolute atomic E-state index is 13.1. The number of hydrogen-bond acceptors (Lipinski definition) is 7. The molecule has 4 aliphatic carbocycles. The molecule has 0 radical (unpaired) electrons. The standard InChI is InChI=1S/C19H23N3O2S2/c1-11-20-15(9-25-11)5-17-21-22-18(24-17)26-10-16(23)19-6-12-2-13(7-19)4-14(3-12)8-19/h9,12-14H,2-8,10H2,1H3. The highest BCUT2D eigenvalue weighted by Crippen LogP contribution is 2.60. The third kappa shape index (κ3) is 3.13. The number of Topliss-reactive ketones (excluding diaryl/α,β-unsaturated/α-hetero) is 1. The van der Waals surface area contributed by atoms with Gasteiger partial charge in [-0.15, -0.1) is 21.5 Å². The lowest BCUT2D eigenvalue weighted by Crippen LogP contribution is -2.50. The van der Waals surface area contributed by atoms with Crippen molar-refractivity contribution >= 4 is 28.9 Å². The van der Waals surface area contributed by atoms with Gasteiger partial charge in [-0.2, -0.15) is 0 Å². The van der Waals surface area contributed by atoms with E-state index in [4.69, 9.17) is 4.42 Å². The highest BCUT2D eigenvalue weighted by Gasteiger charge is 2.54. The quantitative estimate of drug-likeness (QED) is 0.686. The molecule has 0 aromatic carbocycles. The Labute approximate surface area is 161 Å². The molecule has 0 spiro atoms. The molecule has 4 bridgehead atoms. The Morgan fingerprint density at radius 1 is 1.23 bits per heavy atom. The topological polar surface area (TPSA) is 68.9 Å². The maximum atomic E-state index is 13.1. The molecule has 0 aliphatic heterocycles. The number of aryl methyl sites for hydroxylation is 1. The molecule has 0 unspecified atom stereocenters. The van der Waals surface area contributed by atoms with Crippen LogP contribution < -0.4 is 0 Å². The predicted molar refractivity (Wildman–Crippen MR) is 100 cm³/mol. The van der Waals surface area contributed by atoms with Gasteiger partial charge in [-0.25, -0.2) is 4.98 Å². The number of rotatable bonds is 6. The monoisotopic (exact) mass is 389 g/mol. The molecule has 26 heavy (non-hydrogen) atoms.